The summed E-state index contributed by atoms with van der Waals surface area (Å²) in [5, 5.41) is 0. The summed E-state index contributed by atoms with van der Waals surface area (Å²) in [7, 11) is 3.23. The van der Waals surface area contributed by atoms with Crippen LogP contribution in [0.3, 0.4) is 0 Å². The van der Waals surface area contributed by atoms with Gasteiger partial charge in [-0.05, 0) is 21.5 Å². The molecule has 0 bridgehead atoms. The van der Waals surface area contributed by atoms with Crippen LogP contribution < -0.4 is 5.73 Å². The fraction of sp³-hybridized carbons (Fsp3) is 0.286. The number of nitrogen functional groups attached to an aromatic ring is 1. The molecular formula is C14H16BrN3O2. The first-order valence-electron chi connectivity index (χ1n) is 6.05. The Bertz CT molecular complexity index is 578. The van der Waals surface area contributed by atoms with Crippen LogP contribution in [0, 0.1) is 0 Å². The molecule has 6 heteroatoms. The molecule has 1 heterocycles. The van der Waals surface area contributed by atoms with Gasteiger partial charge in [0.25, 0.3) is 0 Å². The summed E-state index contributed by atoms with van der Waals surface area (Å²) in [5.74, 6) is 0.895. The summed E-state index contributed by atoms with van der Waals surface area (Å²) >= 11 is 3.37. The minimum Gasteiger partial charge on any atom is -0.383 e. The van der Waals surface area contributed by atoms with Crippen molar-refractivity contribution in [2.75, 3.05) is 20.0 Å². The smallest absolute Gasteiger partial charge is 0.164 e. The van der Waals surface area contributed by atoms with Gasteiger partial charge in [-0.15, -0.1) is 0 Å². The highest BCUT2D eigenvalue weighted by Crippen LogP contribution is 2.27. The van der Waals surface area contributed by atoms with Crippen molar-refractivity contribution >= 4 is 21.7 Å². The Balaban J connectivity index is 2.45. The molecule has 1 aromatic heterocycles. The number of nitrogens with two attached hydrogens (primary N) is 1. The number of rotatable bonds is 5. The van der Waals surface area contributed by atoms with Crippen LogP contribution in [0.2, 0.25) is 0 Å². The quantitative estimate of drug-likeness (QED) is 0.908. The van der Waals surface area contributed by atoms with E-state index in [-0.39, 0.29) is 6.10 Å². The van der Waals surface area contributed by atoms with Crippen molar-refractivity contribution in [1.29, 1.82) is 0 Å². The van der Waals surface area contributed by atoms with Gasteiger partial charge in [0.1, 0.15) is 11.9 Å². The standard InChI is InChI=1S/C14H16BrN3O2/c1-19-8-10-11(15)13(16)18-14(17-10)12(20-2)9-6-4-3-5-7-9/h3-7,12H,8H2,1-2H3,(H2,16,17,18). The molecule has 20 heavy (non-hydrogen) atoms. The van der Waals surface area contributed by atoms with E-state index in [1.807, 2.05) is 30.3 Å². The third-order valence-corrected chi connectivity index (χ3v) is 3.68. The van der Waals surface area contributed by atoms with Crippen LogP contribution in [0.4, 0.5) is 5.82 Å². The van der Waals surface area contributed by atoms with Crippen molar-refractivity contribution in [3.05, 3.63) is 51.9 Å². The summed E-state index contributed by atoms with van der Waals surface area (Å²) in [4.78, 5) is 8.78. The molecule has 0 aliphatic carbocycles. The molecule has 1 unspecified atom stereocenters. The Labute approximate surface area is 126 Å². The zero-order valence-electron chi connectivity index (χ0n) is 11.3. The van der Waals surface area contributed by atoms with Gasteiger partial charge < -0.3 is 15.2 Å². The van der Waals surface area contributed by atoms with Crippen LogP contribution in [0.5, 0.6) is 0 Å². The van der Waals surface area contributed by atoms with Gasteiger partial charge in [-0.2, -0.15) is 0 Å². The molecule has 0 saturated heterocycles. The first kappa shape index (κ1) is 14.9. The summed E-state index contributed by atoms with van der Waals surface area (Å²) in [6.45, 7) is 0.353. The molecule has 0 amide bonds. The molecule has 0 aliphatic rings. The Hall–Kier alpha value is -1.50. The monoisotopic (exact) mass is 337 g/mol. The molecule has 0 radical (unpaired) electrons. The van der Waals surface area contributed by atoms with Crippen LogP contribution in [-0.2, 0) is 16.1 Å². The average Bonchev–Trinajstić information content (AvgIpc) is 2.46. The number of hydrogen-bond acceptors (Lipinski definition) is 5. The molecule has 2 rings (SSSR count). The Kier molecular flexibility index (Phi) is 5.05. The predicted octanol–water partition coefficient (Wildman–Crippen LogP) is 2.70. The van der Waals surface area contributed by atoms with Crippen LogP contribution in [-0.4, -0.2) is 24.2 Å². The minimum atomic E-state index is -0.359. The third-order valence-electron chi connectivity index (χ3n) is 2.82. The highest BCUT2D eigenvalue weighted by atomic mass is 79.9. The topological polar surface area (TPSA) is 70.3 Å². The zero-order chi connectivity index (χ0) is 14.5. The number of methoxy groups -OCH3 is 2. The molecule has 2 aromatic rings. The van der Waals surface area contributed by atoms with Gasteiger partial charge in [0.15, 0.2) is 5.82 Å². The molecule has 0 spiro atoms. The minimum absolute atomic E-state index is 0.353. The second kappa shape index (κ2) is 6.78. The zero-order valence-corrected chi connectivity index (χ0v) is 12.9. The van der Waals surface area contributed by atoms with Gasteiger partial charge in [-0.1, -0.05) is 30.3 Å². The molecular weight excluding hydrogens is 322 g/mol. The number of anilines is 1. The SMILES string of the molecule is COCc1nc(C(OC)c2ccccc2)nc(N)c1Br. The van der Waals surface area contributed by atoms with Crippen LogP contribution in [0.15, 0.2) is 34.8 Å². The number of nitrogens with zero attached hydrogens (tertiary/aromatic N) is 2. The lowest BCUT2D eigenvalue weighted by atomic mass is 10.1. The van der Waals surface area contributed by atoms with Crippen molar-refractivity contribution in [3.8, 4) is 0 Å². The van der Waals surface area contributed by atoms with E-state index in [0.717, 1.165) is 5.56 Å². The maximum atomic E-state index is 5.91. The largest absolute Gasteiger partial charge is 0.383 e. The number of ether oxygens (including phenoxy) is 2. The van der Waals surface area contributed by atoms with E-state index in [1.54, 1.807) is 14.2 Å². The Morgan fingerprint density at radius 2 is 1.90 bits per heavy atom. The lowest BCUT2D eigenvalue weighted by Gasteiger charge is -2.16. The molecule has 1 atom stereocenters. The number of hydrogen-bond donors (Lipinski definition) is 1. The highest BCUT2D eigenvalue weighted by Gasteiger charge is 2.19. The summed E-state index contributed by atoms with van der Waals surface area (Å²) < 4.78 is 11.3. The number of halogens is 1. The number of benzene rings is 1. The van der Waals surface area contributed by atoms with Crippen molar-refractivity contribution in [3.63, 3.8) is 0 Å². The lowest BCUT2D eigenvalue weighted by molar-refractivity contribution is 0.127. The summed E-state index contributed by atoms with van der Waals surface area (Å²) in [6.07, 6.45) is -0.359. The van der Waals surface area contributed by atoms with Crippen molar-refractivity contribution in [2.45, 2.75) is 12.7 Å². The van der Waals surface area contributed by atoms with Gasteiger partial charge in [0.05, 0.1) is 16.8 Å². The Morgan fingerprint density at radius 1 is 1.20 bits per heavy atom. The maximum Gasteiger partial charge on any atom is 0.164 e. The molecule has 5 nitrogen and oxygen atoms in total. The van der Waals surface area contributed by atoms with E-state index in [2.05, 4.69) is 25.9 Å². The first-order chi connectivity index (χ1) is 9.67. The van der Waals surface area contributed by atoms with Gasteiger partial charge in [-0.25, -0.2) is 9.97 Å². The predicted molar refractivity (Wildman–Crippen MR) is 80.2 cm³/mol. The second-order valence-corrected chi connectivity index (χ2v) is 4.98. The molecule has 0 aliphatic heterocycles. The molecule has 0 saturated carbocycles. The van der Waals surface area contributed by atoms with Crippen LogP contribution in [0.1, 0.15) is 23.2 Å². The first-order valence-corrected chi connectivity index (χ1v) is 6.85. The van der Waals surface area contributed by atoms with E-state index >= 15 is 0 Å². The normalized spacial score (nSPS) is 12.3. The third kappa shape index (κ3) is 3.15. The van der Waals surface area contributed by atoms with E-state index in [4.69, 9.17) is 15.2 Å². The lowest BCUT2D eigenvalue weighted by Crippen LogP contribution is -2.13. The van der Waals surface area contributed by atoms with Crippen LogP contribution in [0.25, 0.3) is 0 Å². The van der Waals surface area contributed by atoms with Crippen molar-refractivity contribution in [1.82, 2.24) is 9.97 Å². The fourth-order valence-corrected chi connectivity index (χ4v) is 2.19. The van der Waals surface area contributed by atoms with E-state index in [9.17, 15) is 0 Å². The Morgan fingerprint density at radius 3 is 2.50 bits per heavy atom. The van der Waals surface area contributed by atoms with Crippen molar-refractivity contribution < 1.29 is 9.47 Å². The molecule has 106 valence electrons. The van der Waals surface area contributed by atoms with Crippen molar-refractivity contribution in [2.24, 2.45) is 0 Å². The molecule has 2 N–H and O–H groups in total. The van der Waals surface area contributed by atoms with Gasteiger partial charge in [0.2, 0.25) is 0 Å². The maximum absolute atomic E-state index is 5.91. The van der Waals surface area contributed by atoms with E-state index in [1.165, 1.54) is 0 Å². The summed E-state index contributed by atoms with van der Waals surface area (Å²) in [5.41, 5.74) is 7.59. The molecule has 0 fully saturated rings. The van der Waals surface area contributed by atoms with Gasteiger partial charge >= 0.3 is 0 Å². The van der Waals surface area contributed by atoms with Gasteiger partial charge in [-0.3, -0.25) is 0 Å². The second-order valence-electron chi connectivity index (χ2n) is 4.19. The molecule has 1 aromatic carbocycles. The van der Waals surface area contributed by atoms with Gasteiger partial charge in [0, 0.05) is 14.2 Å². The number of aromatic nitrogens is 2. The average molecular weight is 338 g/mol. The highest BCUT2D eigenvalue weighted by molar-refractivity contribution is 9.10. The van der Waals surface area contributed by atoms with Crippen LogP contribution >= 0.6 is 15.9 Å². The summed E-state index contributed by atoms with van der Waals surface area (Å²) in [6, 6.07) is 9.76. The van der Waals surface area contributed by atoms with E-state index < -0.39 is 0 Å². The fourth-order valence-electron chi connectivity index (χ4n) is 1.90. The van der Waals surface area contributed by atoms with E-state index in [0.29, 0.717) is 28.4 Å².